The van der Waals surface area contributed by atoms with Gasteiger partial charge in [0.1, 0.15) is 0 Å². The number of carbonyl (C=O) groups excluding carboxylic acids is 4. The van der Waals surface area contributed by atoms with E-state index in [0.29, 0.717) is 0 Å². The molecule has 2 aromatic rings. The van der Waals surface area contributed by atoms with Gasteiger partial charge in [-0.25, -0.2) is 18.0 Å². The number of carbonyl (C=O) groups is 4. The van der Waals surface area contributed by atoms with Crippen molar-refractivity contribution in [3.8, 4) is 0 Å². The van der Waals surface area contributed by atoms with Gasteiger partial charge in [-0.2, -0.15) is 0 Å². The highest BCUT2D eigenvalue weighted by atomic mass is 32.2. The summed E-state index contributed by atoms with van der Waals surface area (Å²) in [6.07, 6.45) is 0. The summed E-state index contributed by atoms with van der Waals surface area (Å²) < 4.78 is 30.7. The van der Waals surface area contributed by atoms with Crippen LogP contribution in [0.1, 0.15) is 47.1 Å². The molecule has 0 bridgehead atoms. The van der Waals surface area contributed by atoms with Crippen LogP contribution in [0.5, 0.6) is 0 Å². The Morgan fingerprint density at radius 2 is 1.61 bits per heavy atom. The zero-order valence-corrected chi connectivity index (χ0v) is 17.8. The predicted molar refractivity (Wildman–Crippen MR) is 108 cm³/mol. The number of esters is 1. The Morgan fingerprint density at radius 1 is 0.968 bits per heavy atom. The van der Waals surface area contributed by atoms with Gasteiger partial charge in [-0.05, 0) is 51.1 Å². The molecule has 0 unspecified atom stereocenters. The molecule has 0 radical (unpaired) electrons. The van der Waals surface area contributed by atoms with Crippen LogP contribution in [0.25, 0.3) is 0 Å². The van der Waals surface area contributed by atoms with Crippen LogP contribution in [-0.4, -0.2) is 44.3 Å². The lowest BCUT2D eigenvalue weighted by Crippen LogP contribution is -2.49. The van der Waals surface area contributed by atoms with Crippen LogP contribution in [-0.2, 0) is 19.4 Å². The molecule has 3 amide bonds. The third kappa shape index (κ3) is 4.64. The number of rotatable bonds is 3. The maximum atomic E-state index is 12.9. The van der Waals surface area contributed by atoms with E-state index in [4.69, 9.17) is 4.74 Å². The molecule has 2 N–H and O–H groups in total. The van der Waals surface area contributed by atoms with Gasteiger partial charge < -0.3 is 10.1 Å². The summed E-state index contributed by atoms with van der Waals surface area (Å²) in [6.45, 7) is 4.43. The molecule has 162 valence electrons. The fraction of sp³-hybridized carbons (Fsp3) is 0.238. The fourth-order valence-corrected chi connectivity index (χ4v) is 4.64. The molecule has 0 fully saturated rings. The van der Waals surface area contributed by atoms with E-state index >= 15 is 0 Å². The first-order valence-electron chi connectivity index (χ1n) is 9.22. The molecule has 10 heteroatoms. The molecule has 0 aliphatic carbocycles. The Labute approximate surface area is 178 Å². The highest BCUT2D eigenvalue weighted by Crippen LogP contribution is 2.34. The van der Waals surface area contributed by atoms with Crippen LogP contribution >= 0.6 is 0 Å². The molecule has 1 heterocycles. The zero-order valence-electron chi connectivity index (χ0n) is 17.0. The second-order valence-corrected chi connectivity index (χ2v) is 9.75. The number of hydrogen-bond donors (Lipinski definition) is 2. The van der Waals surface area contributed by atoms with Crippen molar-refractivity contribution in [3.63, 3.8) is 0 Å². The minimum Gasteiger partial charge on any atom is -0.452 e. The van der Waals surface area contributed by atoms with Gasteiger partial charge in [0, 0.05) is 16.7 Å². The van der Waals surface area contributed by atoms with E-state index < -0.39 is 45.7 Å². The van der Waals surface area contributed by atoms with Crippen molar-refractivity contribution >= 4 is 33.5 Å². The summed E-state index contributed by atoms with van der Waals surface area (Å²) in [5.41, 5.74) is -0.699. The molecule has 0 spiro atoms. The van der Waals surface area contributed by atoms with Gasteiger partial charge in [0.25, 0.3) is 5.91 Å². The molecule has 31 heavy (non-hydrogen) atoms. The summed E-state index contributed by atoms with van der Waals surface area (Å²) in [5.74, 6) is -2.30. The maximum Gasteiger partial charge on any atom is 0.338 e. The molecule has 3 rings (SSSR count). The zero-order chi connectivity index (χ0) is 23.0. The number of benzene rings is 2. The number of urea groups is 1. The van der Waals surface area contributed by atoms with Gasteiger partial charge in [0.15, 0.2) is 12.4 Å². The average molecular weight is 444 g/mol. The first kappa shape index (κ1) is 22.2. The number of ketones is 1. The van der Waals surface area contributed by atoms with Gasteiger partial charge in [0.05, 0.1) is 15.4 Å². The standard InChI is InChI=1S/C21H20N2O7S/c1-21(2,3)23-20(27)22-17(24)11-30-19(26)12-8-9-14-16(10-12)31(28,29)15-7-5-4-6-13(15)18(14)25/h4-10H,11H2,1-3H3,(H2,22,23,24,27). The van der Waals surface area contributed by atoms with Gasteiger partial charge in [-0.15, -0.1) is 0 Å². The molecule has 0 saturated carbocycles. The summed E-state index contributed by atoms with van der Waals surface area (Å²) in [4.78, 5) is 48.0. The van der Waals surface area contributed by atoms with E-state index in [2.05, 4.69) is 5.32 Å². The topological polar surface area (TPSA) is 136 Å². The molecule has 0 atom stereocenters. The van der Waals surface area contributed by atoms with E-state index in [1.807, 2.05) is 5.32 Å². The number of nitrogens with one attached hydrogen (secondary N) is 2. The Balaban J connectivity index is 1.75. The summed E-state index contributed by atoms with van der Waals surface area (Å²) in [7, 11) is -4.02. The van der Waals surface area contributed by atoms with Crippen LogP contribution in [0, 0.1) is 0 Å². The quantitative estimate of drug-likeness (QED) is 0.588. The molecule has 1 aliphatic rings. The van der Waals surface area contributed by atoms with Crippen molar-refractivity contribution in [1.82, 2.24) is 10.6 Å². The van der Waals surface area contributed by atoms with E-state index in [9.17, 15) is 27.6 Å². The smallest absolute Gasteiger partial charge is 0.338 e. The SMILES string of the molecule is CC(C)(C)NC(=O)NC(=O)COC(=O)c1ccc2c(c1)S(=O)(=O)c1ccccc1C2=O. The fourth-order valence-electron chi connectivity index (χ4n) is 2.96. The Bertz CT molecular complexity index is 1210. The Kier molecular flexibility index (Phi) is 5.68. The van der Waals surface area contributed by atoms with Gasteiger partial charge >= 0.3 is 12.0 Å². The second-order valence-electron chi connectivity index (χ2n) is 7.87. The summed E-state index contributed by atoms with van der Waals surface area (Å²) >= 11 is 0. The van der Waals surface area contributed by atoms with Crippen molar-refractivity contribution in [1.29, 1.82) is 0 Å². The molecule has 0 saturated heterocycles. The number of sulfone groups is 1. The normalized spacial score (nSPS) is 14.1. The van der Waals surface area contributed by atoms with Crippen molar-refractivity contribution in [2.75, 3.05) is 6.61 Å². The number of imide groups is 1. The predicted octanol–water partition coefficient (Wildman–Crippen LogP) is 1.84. The summed E-state index contributed by atoms with van der Waals surface area (Å²) in [5, 5.41) is 4.53. The summed E-state index contributed by atoms with van der Waals surface area (Å²) in [6, 6.07) is 8.59. The number of ether oxygens (including phenoxy) is 1. The van der Waals surface area contributed by atoms with E-state index in [0.717, 1.165) is 6.07 Å². The third-order valence-corrected chi connectivity index (χ3v) is 6.10. The van der Waals surface area contributed by atoms with Crippen molar-refractivity contribution in [2.45, 2.75) is 36.1 Å². The lowest BCUT2D eigenvalue weighted by atomic mass is 10.0. The first-order valence-corrected chi connectivity index (χ1v) is 10.7. The molecular formula is C21H20N2O7S. The van der Waals surface area contributed by atoms with Crippen LogP contribution in [0.15, 0.2) is 52.3 Å². The second kappa shape index (κ2) is 7.95. The molecule has 0 aromatic heterocycles. The highest BCUT2D eigenvalue weighted by Gasteiger charge is 2.35. The maximum absolute atomic E-state index is 12.9. The van der Waals surface area contributed by atoms with Crippen LogP contribution in [0.4, 0.5) is 4.79 Å². The van der Waals surface area contributed by atoms with Gasteiger partial charge in [0.2, 0.25) is 9.84 Å². The van der Waals surface area contributed by atoms with Crippen LogP contribution in [0.2, 0.25) is 0 Å². The van der Waals surface area contributed by atoms with E-state index in [1.54, 1.807) is 26.8 Å². The molecular weight excluding hydrogens is 424 g/mol. The minimum absolute atomic E-state index is 0.0492. The highest BCUT2D eigenvalue weighted by molar-refractivity contribution is 7.91. The molecule has 1 aliphatic heterocycles. The first-order chi connectivity index (χ1) is 14.4. The Hall–Kier alpha value is -3.53. The lowest BCUT2D eigenvalue weighted by Gasteiger charge is -2.20. The molecule has 9 nitrogen and oxygen atoms in total. The number of hydrogen-bond acceptors (Lipinski definition) is 7. The number of fused-ring (bicyclic) bond motifs is 2. The Morgan fingerprint density at radius 3 is 2.29 bits per heavy atom. The molecule has 2 aromatic carbocycles. The lowest BCUT2D eigenvalue weighted by molar-refractivity contribution is -0.123. The van der Waals surface area contributed by atoms with Crippen molar-refractivity contribution in [2.24, 2.45) is 0 Å². The average Bonchev–Trinajstić information content (AvgIpc) is 2.68. The minimum atomic E-state index is -4.02. The van der Waals surface area contributed by atoms with Gasteiger partial charge in [-0.3, -0.25) is 14.9 Å². The monoisotopic (exact) mass is 444 g/mol. The van der Waals surface area contributed by atoms with Crippen molar-refractivity contribution < 1.29 is 32.3 Å². The van der Waals surface area contributed by atoms with E-state index in [1.165, 1.54) is 30.3 Å². The van der Waals surface area contributed by atoms with Crippen LogP contribution in [0.3, 0.4) is 0 Å². The van der Waals surface area contributed by atoms with E-state index in [-0.39, 0.29) is 26.5 Å². The van der Waals surface area contributed by atoms with Gasteiger partial charge in [-0.1, -0.05) is 12.1 Å². The van der Waals surface area contributed by atoms with Crippen molar-refractivity contribution in [3.05, 3.63) is 59.2 Å². The van der Waals surface area contributed by atoms with Crippen LogP contribution < -0.4 is 10.6 Å². The largest absolute Gasteiger partial charge is 0.452 e. The third-order valence-electron chi connectivity index (χ3n) is 4.25. The number of amides is 3.